The summed E-state index contributed by atoms with van der Waals surface area (Å²) in [4.78, 5) is 22.4. The number of aromatic nitrogens is 1. The molecule has 27 heavy (non-hydrogen) atoms. The number of rotatable bonds is 7. The molecule has 1 amide bonds. The van der Waals surface area contributed by atoms with Gasteiger partial charge in [0.1, 0.15) is 6.54 Å². The van der Waals surface area contributed by atoms with E-state index in [4.69, 9.17) is 0 Å². The smallest absolute Gasteiger partial charge is 0.305 e. The van der Waals surface area contributed by atoms with E-state index in [0.717, 1.165) is 33.3 Å². The largest absolute Gasteiger partial charge is 0.395 e. The molecule has 0 aliphatic heterocycles. The zero-order valence-corrected chi connectivity index (χ0v) is 15.5. The lowest BCUT2D eigenvalue weighted by atomic mass is 9.93. The average Bonchev–Trinajstić information content (AvgIpc) is 2.95. The third kappa shape index (κ3) is 3.67. The first kappa shape index (κ1) is 18.9. The Morgan fingerprint density at radius 2 is 1.85 bits per heavy atom. The number of nitrogens with zero attached hydrogens (tertiary/aromatic N) is 2. The first-order chi connectivity index (χ1) is 13.1. The second-order valence-electron chi connectivity index (χ2n) is 6.55. The Kier molecular flexibility index (Phi) is 5.78. The summed E-state index contributed by atoms with van der Waals surface area (Å²) < 4.78 is 1.83. The van der Waals surface area contributed by atoms with Crippen LogP contribution in [-0.2, 0) is 11.3 Å². The second kappa shape index (κ2) is 8.24. The number of fused-ring (bicyclic) bond motifs is 1. The van der Waals surface area contributed by atoms with Gasteiger partial charge in [-0.25, -0.2) is 0 Å². The van der Waals surface area contributed by atoms with Crippen LogP contribution in [0.1, 0.15) is 28.4 Å². The second-order valence-corrected chi connectivity index (χ2v) is 6.55. The Balaban J connectivity index is 2.23. The number of amides is 1. The third-order valence-corrected chi connectivity index (χ3v) is 4.92. The van der Waals surface area contributed by atoms with Crippen LogP contribution in [0.25, 0.3) is 10.9 Å². The molecule has 3 rings (SSSR count). The molecule has 2 N–H and O–H groups in total. The summed E-state index contributed by atoms with van der Waals surface area (Å²) in [6, 6.07) is 15.8. The zero-order valence-electron chi connectivity index (χ0n) is 15.5. The summed E-state index contributed by atoms with van der Waals surface area (Å²) in [6.07, 6.45) is 0. The highest BCUT2D eigenvalue weighted by atomic mass is 16.3. The highest BCUT2D eigenvalue weighted by molar-refractivity contribution is 5.88. The van der Waals surface area contributed by atoms with E-state index in [1.54, 1.807) is 0 Å². The van der Waals surface area contributed by atoms with Crippen molar-refractivity contribution >= 4 is 16.8 Å². The van der Waals surface area contributed by atoms with Crippen LogP contribution in [0.5, 0.6) is 0 Å². The molecule has 3 aromatic rings. The maximum absolute atomic E-state index is 11.7. The average molecular weight is 365 g/mol. The normalized spacial score (nSPS) is 12.3. The minimum absolute atomic E-state index is 0.0214. The molecule has 1 unspecified atom stereocenters. The summed E-state index contributed by atoms with van der Waals surface area (Å²) in [5.41, 5.74) is 5.05. The van der Waals surface area contributed by atoms with Gasteiger partial charge >= 0.3 is 5.91 Å². The zero-order chi connectivity index (χ0) is 19.4. The number of carbonyl (C=O) groups is 1. The van der Waals surface area contributed by atoms with Gasteiger partial charge < -0.3 is 15.0 Å². The standard InChI is InChI=1S/C21H23N3O3/c1-14-7-3-4-8-16(14)21(22-11-12-25)20-15(2)24(13-19(26)23-27)18-10-6-5-9-17(18)20/h3-10,21-22,25H,11-13H2,1-2H3. The highest BCUT2D eigenvalue weighted by Crippen LogP contribution is 2.35. The molecule has 0 aliphatic carbocycles. The SMILES string of the molecule is Cc1ccccc1C(NCCO)c1c(C)n(CC(=O)N=O)c2ccccc12. The van der Waals surface area contributed by atoms with Crippen molar-refractivity contribution in [3.63, 3.8) is 0 Å². The fourth-order valence-electron chi connectivity index (χ4n) is 3.68. The van der Waals surface area contributed by atoms with Crippen molar-refractivity contribution < 1.29 is 9.90 Å². The van der Waals surface area contributed by atoms with Crippen molar-refractivity contribution in [2.24, 2.45) is 5.18 Å². The van der Waals surface area contributed by atoms with Crippen LogP contribution < -0.4 is 5.32 Å². The number of benzene rings is 2. The number of aliphatic hydroxyl groups is 1. The molecular weight excluding hydrogens is 342 g/mol. The van der Waals surface area contributed by atoms with Crippen LogP contribution in [0.15, 0.2) is 53.7 Å². The van der Waals surface area contributed by atoms with Gasteiger partial charge in [0.2, 0.25) is 0 Å². The summed E-state index contributed by atoms with van der Waals surface area (Å²) in [5.74, 6) is -0.707. The Morgan fingerprint density at radius 3 is 2.56 bits per heavy atom. The maximum Gasteiger partial charge on any atom is 0.305 e. The van der Waals surface area contributed by atoms with E-state index in [-0.39, 0.29) is 19.2 Å². The lowest BCUT2D eigenvalue weighted by Gasteiger charge is -2.22. The van der Waals surface area contributed by atoms with Gasteiger partial charge in [0.25, 0.3) is 0 Å². The summed E-state index contributed by atoms with van der Waals surface area (Å²) in [7, 11) is 0. The molecule has 2 aromatic carbocycles. The van der Waals surface area contributed by atoms with Gasteiger partial charge in [0, 0.05) is 33.9 Å². The van der Waals surface area contributed by atoms with E-state index < -0.39 is 5.91 Å². The van der Waals surface area contributed by atoms with Crippen LogP contribution in [0.3, 0.4) is 0 Å². The first-order valence-electron chi connectivity index (χ1n) is 8.92. The fraction of sp³-hybridized carbons (Fsp3) is 0.286. The Morgan fingerprint density at radius 1 is 1.15 bits per heavy atom. The molecule has 0 saturated heterocycles. The molecule has 1 atom stereocenters. The third-order valence-electron chi connectivity index (χ3n) is 4.92. The van der Waals surface area contributed by atoms with Gasteiger partial charge in [-0.15, -0.1) is 4.91 Å². The molecule has 6 nitrogen and oxygen atoms in total. The van der Waals surface area contributed by atoms with Crippen molar-refractivity contribution in [3.05, 3.63) is 75.8 Å². The first-order valence-corrected chi connectivity index (χ1v) is 8.92. The molecule has 0 fully saturated rings. The minimum atomic E-state index is -0.707. The van der Waals surface area contributed by atoms with E-state index in [0.29, 0.717) is 6.54 Å². The number of nitrogens with one attached hydrogen (secondary N) is 1. The predicted molar refractivity (Wildman–Crippen MR) is 106 cm³/mol. The number of aliphatic hydroxyl groups excluding tert-OH is 1. The molecule has 0 bridgehead atoms. The molecule has 1 heterocycles. The van der Waals surface area contributed by atoms with Crippen molar-refractivity contribution in [3.8, 4) is 0 Å². The number of aryl methyl sites for hydroxylation is 1. The quantitative estimate of drug-likeness (QED) is 0.630. The Labute approximate surface area is 157 Å². The molecule has 0 radical (unpaired) electrons. The molecule has 1 aromatic heterocycles. The van der Waals surface area contributed by atoms with E-state index in [2.05, 4.69) is 29.6 Å². The van der Waals surface area contributed by atoms with E-state index >= 15 is 0 Å². The minimum Gasteiger partial charge on any atom is -0.395 e. The highest BCUT2D eigenvalue weighted by Gasteiger charge is 2.24. The van der Waals surface area contributed by atoms with Crippen LogP contribution in [0.4, 0.5) is 0 Å². The monoisotopic (exact) mass is 365 g/mol. The predicted octanol–water partition coefficient (Wildman–Crippen LogP) is 3.22. The van der Waals surface area contributed by atoms with Gasteiger partial charge in [0.05, 0.1) is 12.6 Å². The lowest BCUT2D eigenvalue weighted by Crippen LogP contribution is -2.26. The van der Waals surface area contributed by atoms with Gasteiger partial charge in [-0.2, -0.15) is 0 Å². The lowest BCUT2D eigenvalue weighted by molar-refractivity contribution is -0.118. The molecule has 0 aliphatic rings. The molecule has 6 heteroatoms. The van der Waals surface area contributed by atoms with Gasteiger partial charge in [0.15, 0.2) is 0 Å². The molecule has 140 valence electrons. The van der Waals surface area contributed by atoms with E-state index in [1.807, 2.05) is 47.9 Å². The molecular formula is C21H23N3O3. The number of nitroso groups, excluding NO2 is 1. The van der Waals surface area contributed by atoms with Crippen molar-refractivity contribution in [2.45, 2.75) is 26.4 Å². The van der Waals surface area contributed by atoms with Gasteiger partial charge in [-0.1, -0.05) is 42.5 Å². The topological polar surface area (TPSA) is 83.7 Å². The van der Waals surface area contributed by atoms with Crippen LogP contribution in [-0.4, -0.2) is 28.7 Å². The van der Waals surface area contributed by atoms with Crippen LogP contribution in [0.2, 0.25) is 0 Å². The number of hydrogen-bond donors (Lipinski definition) is 2. The van der Waals surface area contributed by atoms with Crippen molar-refractivity contribution in [2.75, 3.05) is 13.2 Å². The van der Waals surface area contributed by atoms with Crippen LogP contribution in [0, 0.1) is 18.8 Å². The number of para-hydroxylation sites is 1. The van der Waals surface area contributed by atoms with Gasteiger partial charge in [-0.3, -0.25) is 4.79 Å². The number of hydrogen-bond acceptors (Lipinski definition) is 4. The molecule has 0 spiro atoms. The van der Waals surface area contributed by atoms with Crippen LogP contribution >= 0.6 is 0 Å². The van der Waals surface area contributed by atoms with Crippen molar-refractivity contribution in [1.29, 1.82) is 0 Å². The van der Waals surface area contributed by atoms with Crippen molar-refractivity contribution in [1.82, 2.24) is 9.88 Å². The molecule has 0 saturated carbocycles. The number of carbonyl (C=O) groups excluding carboxylic acids is 1. The van der Waals surface area contributed by atoms with Gasteiger partial charge in [-0.05, 0) is 31.0 Å². The Bertz CT molecular complexity index is 978. The summed E-state index contributed by atoms with van der Waals surface area (Å²) in [5, 5.41) is 16.3. The summed E-state index contributed by atoms with van der Waals surface area (Å²) >= 11 is 0. The van der Waals surface area contributed by atoms with E-state index in [1.165, 1.54) is 0 Å². The maximum atomic E-state index is 11.7. The Hall–Kier alpha value is -2.83. The fourth-order valence-corrected chi connectivity index (χ4v) is 3.68. The summed E-state index contributed by atoms with van der Waals surface area (Å²) in [6.45, 7) is 4.37. The van der Waals surface area contributed by atoms with E-state index in [9.17, 15) is 14.8 Å².